The smallest absolute Gasteiger partial charge is 0.457 e. The Morgan fingerprint density at radius 2 is 0.746 bits per heavy atom. The van der Waals surface area contributed by atoms with Gasteiger partial charge in [-0.15, -0.1) is 0 Å². The summed E-state index contributed by atoms with van der Waals surface area (Å²) in [5.41, 5.74) is 5.39. The molecule has 9 heteroatoms. The fourth-order valence-electron chi connectivity index (χ4n) is 7.94. The Morgan fingerprint density at radius 1 is 0.441 bits per heavy atom. The summed E-state index contributed by atoms with van der Waals surface area (Å²) in [6, 6.07) is 0. The first-order valence-electron chi connectivity index (χ1n) is 26.0. The number of ether oxygens (including phenoxy) is 2. The number of carbonyl (C=O) groups is 1. The second kappa shape index (κ2) is 48.5. The van der Waals surface area contributed by atoms with E-state index in [-0.39, 0.29) is 32.3 Å². The molecule has 0 aliphatic carbocycles. The topological polar surface area (TPSA) is 117 Å². The van der Waals surface area contributed by atoms with Crippen LogP contribution in [0.4, 0.5) is 0 Å². The molecule has 0 rings (SSSR count). The van der Waals surface area contributed by atoms with Crippen molar-refractivity contribution < 1.29 is 32.8 Å². The van der Waals surface area contributed by atoms with E-state index in [2.05, 4.69) is 13.8 Å². The predicted octanol–water partition coefficient (Wildman–Crippen LogP) is 16.0. The van der Waals surface area contributed by atoms with E-state index in [1.54, 1.807) is 0 Å². The van der Waals surface area contributed by atoms with Crippen LogP contribution >= 0.6 is 7.82 Å². The van der Waals surface area contributed by atoms with Crippen LogP contribution in [0.3, 0.4) is 0 Å². The Balaban J connectivity index is 3.84. The Labute approximate surface area is 367 Å². The molecule has 0 heterocycles. The highest BCUT2D eigenvalue weighted by molar-refractivity contribution is 7.47. The second-order valence-electron chi connectivity index (χ2n) is 17.8. The van der Waals surface area contributed by atoms with Crippen molar-refractivity contribution in [2.75, 3.05) is 33.0 Å². The largest absolute Gasteiger partial charge is 0.472 e. The lowest BCUT2D eigenvalue weighted by Gasteiger charge is -2.20. The summed E-state index contributed by atoms with van der Waals surface area (Å²) in [5, 5.41) is 0. The fourth-order valence-corrected chi connectivity index (χ4v) is 8.71. The van der Waals surface area contributed by atoms with Crippen molar-refractivity contribution >= 4 is 13.8 Å². The van der Waals surface area contributed by atoms with Gasteiger partial charge in [-0.3, -0.25) is 13.8 Å². The minimum absolute atomic E-state index is 0.0897. The van der Waals surface area contributed by atoms with Gasteiger partial charge in [0, 0.05) is 19.6 Å². The minimum Gasteiger partial charge on any atom is -0.457 e. The third kappa shape index (κ3) is 48.4. The zero-order chi connectivity index (χ0) is 43.0. The molecule has 0 saturated carbocycles. The van der Waals surface area contributed by atoms with Crippen molar-refractivity contribution in [3.63, 3.8) is 0 Å². The molecule has 0 aliphatic rings. The lowest BCUT2D eigenvalue weighted by molar-refractivity contribution is -0.154. The van der Waals surface area contributed by atoms with Crippen LogP contribution in [0.2, 0.25) is 0 Å². The van der Waals surface area contributed by atoms with Gasteiger partial charge in [0.2, 0.25) is 0 Å². The third-order valence-corrected chi connectivity index (χ3v) is 12.8. The molecular formula is C50H102NO7P. The number of hydrogen-bond acceptors (Lipinski definition) is 7. The molecule has 0 amide bonds. The molecule has 59 heavy (non-hydrogen) atoms. The Hall–Kier alpha value is -0.500. The van der Waals surface area contributed by atoms with E-state index >= 15 is 0 Å². The zero-order valence-corrected chi connectivity index (χ0v) is 40.4. The van der Waals surface area contributed by atoms with Crippen molar-refractivity contribution in [3.05, 3.63) is 0 Å². The van der Waals surface area contributed by atoms with Crippen molar-refractivity contribution in [3.8, 4) is 0 Å². The summed E-state index contributed by atoms with van der Waals surface area (Å²) in [6.07, 6.45) is 52.8. The molecule has 2 atom stereocenters. The summed E-state index contributed by atoms with van der Waals surface area (Å²) in [6.45, 7) is 5.01. The molecule has 0 aliphatic heterocycles. The Kier molecular flexibility index (Phi) is 48.1. The lowest BCUT2D eigenvalue weighted by atomic mass is 10.0. The summed E-state index contributed by atoms with van der Waals surface area (Å²) in [7, 11) is -4.27. The van der Waals surface area contributed by atoms with Gasteiger partial charge >= 0.3 is 13.8 Å². The molecule has 0 radical (unpaired) electrons. The van der Waals surface area contributed by atoms with Gasteiger partial charge in [-0.1, -0.05) is 258 Å². The molecule has 0 aromatic carbocycles. The average Bonchev–Trinajstić information content (AvgIpc) is 3.23. The number of hydrogen-bond donors (Lipinski definition) is 2. The van der Waals surface area contributed by atoms with Gasteiger partial charge in [-0.2, -0.15) is 0 Å². The molecule has 0 aromatic heterocycles. The van der Waals surface area contributed by atoms with Crippen molar-refractivity contribution in [2.45, 2.75) is 283 Å². The number of nitrogens with two attached hydrogens (primary N) is 1. The second-order valence-corrected chi connectivity index (χ2v) is 19.2. The molecule has 0 saturated heterocycles. The molecule has 8 nitrogen and oxygen atoms in total. The summed E-state index contributed by atoms with van der Waals surface area (Å²) in [5.74, 6) is -0.320. The molecule has 0 aromatic rings. The van der Waals surface area contributed by atoms with Gasteiger partial charge < -0.3 is 20.1 Å². The monoisotopic (exact) mass is 860 g/mol. The van der Waals surface area contributed by atoms with Crippen LogP contribution < -0.4 is 5.73 Å². The molecule has 0 spiro atoms. The van der Waals surface area contributed by atoms with Crippen LogP contribution in [0.5, 0.6) is 0 Å². The van der Waals surface area contributed by atoms with E-state index in [0.29, 0.717) is 13.0 Å². The van der Waals surface area contributed by atoms with E-state index in [4.69, 9.17) is 24.3 Å². The quantitative estimate of drug-likeness (QED) is 0.0353. The SMILES string of the molecule is CCCCCCCCCCCCCCCCCCCCCCCCCCC(=O)OC(COCCCCCCCCCCCCCCCCCC)COP(=O)(O)OCCN. The maximum absolute atomic E-state index is 12.7. The van der Waals surface area contributed by atoms with Crippen LogP contribution in [0.15, 0.2) is 0 Å². The maximum Gasteiger partial charge on any atom is 0.472 e. The number of rotatable bonds is 51. The number of phosphoric ester groups is 1. The van der Waals surface area contributed by atoms with Gasteiger partial charge in [0.05, 0.1) is 19.8 Å². The summed E-state index contributed by atoms with van der Waals surface area (Å²) >= 11 is 0. The summed E-state index contributed by atoms with van der Waals surface area (Å²) in [4.78, 5) is 22.6. The highest BCUT2D eigenvalue weighted by Crippen LogP contribution is 2.43. The van der Waals surface area contributed by atoms with Crippen LogP contribution in [-0.2, 0) is 27.9 Å². The molecular weight excluding hydrogens is 758 g/mol. The highest BCUT2D eigenvalue weighted by atomic mass is 31.2. The molecule has 3 N–H and O–H groups in total. The molecule has 2 unspecified atom stereocenters. The van der Waals surface area contributed by atoms with E-state index in [9.17, 15) is 14.3 Å². The lowest BCUT2D eigenvalue weighted by Crippen LogP contribution is -2.28. The van der Waals surface area contributed by atoms with E-state index in [1.807, 2.05) is 0 Å². The predicted molar refractivity (Wildman–Crippen MR) is 252 cm³/mol. The Morgan fingerprint density at radius 3 is 1.07 bits per heavy atom. The third-order valence-electron chi connectivity index (χ3n) is 11.8. The normalized spacial score (nSPS) is 13.2. The van der Waals surface area contributed by atoms with Crippen molar-refractivity contribution in [1.82, 2.24) is 0 Å². The first-order valence-corrected chi connectivity index (χ1v) is 27.5. The number of phosphoric acid groups is 1. The van der Waals surface area contributed by atoms with Crippen molar-refractivity contribution in [1.29, 1.82) is 0 Å². The maximum atomic E-state index is 12.7. The van der Waals surface area contributed by atoms with Gasteiger partial charge in [0.1, 0.15) is 6.10 Å². The van der Waals surface area contributed by atoms with Crippen LogP contribution in [-0.4, -0.2) is 49.9 Å². The van der Waals surface area contributed by atoms with Gasteiger partial charge in [-0.05, 0) is 12.8 Å². The number of carbonyl (C=O) groups excluding carboxylic acids is 1. The highest BCUT2D eigenvalue weighted by Gasteiger charge is 2.25. The standard InChI is InChI=1S/C50H102NO7P/c1-3-5-7-9-11-13-15-17-19-21-22-23-24-25-26-27-28-29-31-33-35-37-39-41-43-50(52)58-49(48-57-59(53,54)56-46-44-51)47-55-45-42-40-38-36-34-32-30-20-18-16-14-12-10-8-6-4-2/h49H,3-48,51H2,1-2H3,(H,53,54). The van der Waals surface area contributed by atoms with E-state index in [1.165, 1.54) is 225 Å². The van der Waals surface area contributed by atoms with Gasteiger partial charge in [-0.25, -0.2) is 4.57 Å². The van der Waals surface area contributed by atoms with Crippen LogP contribution in [0, 0.1) is 0 Å². The first kappa shape index (κ1) is 58.5. The van der Waals surface area contributed by atoms with Crippen molar-refractivity contribution in [2.24, 2.45) is 5.73 Å². The van der Waals surface area contributed by atoms with Crippen LogP contribution in [0.1, 0.15) is 277 Å². The molecule has 354 valence electrons. The Bertz CT molecular complexity index is 878. The van der Waals surface area contributed by atoms with E-state index in [0.717, 1.165) is 32.1 Å². The number of unbranched alkanes of at least 4 members (excludes halogenated alkanes) is 38. The zero-order valence-electron chi connectivity index (χ0n) is 39.5. The fraction of sp³-hybridized carbons (Fsp3) is 0.980. The van der Waals surface area contributed by atoms with Crippen LogP contribution in [0.25, 0.3) is 0 Å². The molecule has 0 fully saturated rings. The van der Waals surface area contributed by atoms with E-state index < -0.39 is 13.9 Å². The number of esters is 1. The molecule has 0 bridgehead atoms. The van der Waals surface area contributed by atoms with Gasteiger partial charge in [0.25, 0.3) is 0 Å². The first-order chi connectivity index (χ1) is 28.9. The summed E-state index contributed by atoms with van der Waals surface area (Å²) < 4.78 is 33.6. The average molecular weight is 860 g/mol. The minimum atomic E-state index is -4.27. The van der Waals surface area contributed by atoms with Gasteiger partial charge in [0.15, 0.2) is 0 Å².